The van der Waals surface area contributed by atoms with Crippen LogP contribution < -0.4 is 20.5 Å². The maximum atomic E-state index is 12.5. The van der Waals surface area contributed by atoms with Crippen LogP contribution in [0.3, 0.4) is 0 Å². The van der Waals surface area contributed by atoms with E-state index in [0.29, 0.717) is 22.5 Å². The Balaban J connectivity index is 1.43. The van der Waals surface area contributed by atoms with Gasteiger partial charge in [0.2, 0.25) is 0 Å². The van der Waals surface area contributed by atoms with Gasteiger partial charge in [0.25, 0.3) is 5.56 Å². The van der Waals surface area contributed by atoms with E-state index in [1.807, 2.05) is 19.2 Å². The molecule has 0 aliphatic carbocycles. The summed E-state index contributed by atoms with van der Waals surface area (Å²) in [6, 6.07) is 11.1. The molecule has 0 bridgehead atoms. The van der Waals surface area contributed by atoms with Crippen molar-refractivity contribution in [1.82, 2.24) is 19.9 Å². The Bertz CT molecular complexity index is 1020. The monoisotopic (exact) mass is 411 g/mol. The quantitative estimate of drug-likeness (QED) is 0.672. The molecular formula is C21H22ClN5O2. The fraction of sp³-hybridized carbons (Fsp3) is 0.286. The lowest BCUT2D eigenvalue weighted by Gasteiger charge is -2.17. The van der Waals surface area contributed by atoms with Crippen molar-refractivity contribution in [2.45, 2.75) is 19.1 Å². The lowest BCUT2D eigenvalue weighted by atomic mass is 10.3. The van der Waals surface area contributed by atoms with Gasteiger partial charge in [-0.3, -0.25) is 14.3 Å². The van der Waals surface area contributed by atoms with Gasteiger partial charge in [-0.25, -0.2) is 4.98 Å². The van der Waals surface area contributed by atoms with Crippen LogP contribution in [0.5, 0.6) is 5.75 Å². The minimum Gasteiger partial charge on any atom is -0.487 e. The Morgan fingerprint density at radius 2 is 2.10 bits per heavy atom. The zero-order valence-electron chi connectivity index (χ0n) is 16.1. The highest BCUT2D eigenvalue weighted by atomic mass is 35.5. The molecule has 0 radical (unpaired) electrons. The third kappa shape index (κ3) is 4.58. The van der Waals surface area contributed by atoms with Crippen LogP contribution in [-0.2, 0) is 6.61 Å². The van der Waals surface area contributed by atoms with E-state index in [9.17, 15) is 4.79 Å². The maximum absolute atomic E-state index is 12.5. The van der Waals surface area contributed by atoms with Crippen LogP contribution in [0.4, 0.5) is 5.82 Å². The molecule has 29 heavy (non-hydrogen) atoms. The van der Waals surface area contributed by atoms with E-state index in [0.717, 1.165) is 31.0 Å². The second kappa shape index (κ2) is 8.63. The normalized spacial score (nSPS) is 16.2. The molecule has 0 aromatic carbocycles. The van der Waals surface area contributed by atoms with Crippen LogP contribution in [0.2, 0.25) is 5.02 Å². The van der Waals surface area contributed by atoms with Gasteiger partial charge in [0.1, 0.15) is 18.2 Å². The molecule has 1 fully saturated rings. The zero-order valence-corrected chi connectivity index (χ0v) is 16.8. The van der Waals surface area contributed by atoms with E-state index in [2.05, 4.69) is 20.2 Å². The molecular weight excluding hydrogens is 390 g/mol. The van der Waals surface area contributed by atoms with Crippen molar-refractivity contribution in [2.24, 2.45) is 0 Å². The highest BCUT2D eigenvalue weighted by molar-refractivity contribution is 6.30. The molecule has 0 unspecified atom stereocenters. The van der Waals surface area contributed by atoms with Gasteiger partial charge in [-0.2, -0.15) is 0 Å². The molecule has 4 heterocycles. The summed E-state index contributed by atoms with van der Waals surface area (Å²) in [5, 5.41) is 3.87. The fourth-order valence-corrected chi connectivity index (χ4v) is 3.44. The maximum Gasteiger partial charge on any atom is 0.258 e. The Hall–Kier alpha value is -2.90. The van der Waals surface area contributed by atoms with Crippen molar-refractivity contribution >= 4 is 17.4 Å². The molecule has 4 rings (SSSR count). The Morgan fingerprint density at radius 3 is 2.76 bits per heavy atom. The first kappa shape index (κ1) is 19.4. The summed E-state index contributed by atoms with van der Waals surface area (Å²) < 4.78 is 7.21. The number of rotatable bonds is 6. The summed E-state index contributed by atoms with van der Waals surface area (Å²) in [6.07, 6.45) is 6.08. The van der Waals surface area contributed by atoms with Crippen LogP contribution in [0, 0.1) is 0 Å². The Morgan fingerprint density at radius 1 is 1.21 bits per heavy atom. The van der Waals surface area contributed by atoms with Crippen LogP contribution >= 0.6 is 11.6 Å². The summed E-state index contributed by atoms with van der Waals surface area (Å²) in [5.41, 5.74) is 1.27. The third-order valence-corrected chi connectivity index (χ3v) is 5.22. The predicted octanol–water partition coefficient (Wildman–Crippen LogP) is 2.66. The summed E-state index contributed by atoms with van der Waals surface area (Å²) in [6.45, 7) is 2.18. The molecule has 7 nitrogen and oxygen atoms in total. The molecule has 1 atom stereocenters. The fourth-order valence-electron chi connectivity index (χ4n) is 3.32. The van der Waals surface area contributed by atoms with Crippen molar-refractivity contribution < 1.29 is 4.74 Å². The summed E-state index contributed by atoms with van der Waals surface area (Å²) in [7, 11) is 1.98. The number of halogens is 1. The average Bonchev–Trinajstić information content (AvgIpc) is 3.23. The van der Waals surface area contributed by atoms with Crippen molar-refractivity contribution in [3.63, 3.8) is 0 Å². The number of anilines is 1. The Kier molecular flexibility index (Phi) is 5.78. The number of hydrogen-bond acceptors (Lipinski definition) is 6. The van der Waals surface area contributed by atoms with Crippen LogP contribution in [-0.4, -0.2) is 40.7 Å². The first-order valence-corrected chi connectivity index (χ1v) is 9.85. The van der Waals surface area contributed by atoms with Gasteiger partial charge < -0.3 is 15.0 Å². The van der Waals surface area contributed by atoms with Gasteiger partial charge in [0.05, 0.1) is 22.6 Å². The molecule has 0 amide bonds. The second-order valence-corrected chi connectivity index (χ2v) is 7.36. The highest BCUT2D eigenvalue weighted by Gasteiger charge is 2.21. The molecule has 1 N–H and O–H groups in total. The number of ether oxygens (including phenoxy) is 1. The lowest BCUT2D eigenvalue weighted by molar-refractivity contribution is 0.300. The number of aromatic nitrogens is 3. The highest BCUT2D eigenvalue weighted by Crippen LogP contribution is 2.19. The van der Waals surface area contributed by atoms with Crippen molar-refractivity contribution in [1.29, 1.82) is 0 Å². The van der Waals surface area contributed by atoms with Crippen molar-refractivity contribution in [3.8, 4) is 11.4 Å². The molecule has 8 heteroatoms. The summed E-state index contributed by atoms with van der Waals surface area (Å²) in [5.74, 6) is 1.41. The summed E-state index contributed by atoms with van der Waals surface area (Å²) >= 11 is 5.83. The average molecular weight is 412 g/mol. The number of nitrogens with zero attached hydrogens (tertiary/aromatic N) is 4. The first-order chi connectivity index (χ1) is 14.1. The van der Waals surface area contributed by atoms with E-state index < -0.39 is 0 Å². The standard InChI is InChI=1S/C21H22ClN5O2/c1-23-16-6-8-26(13-16)20-5-4-18(12-25-20)27-9-7-19(10-21(27)28)29-14-17-3-2-15(22)11-24-17/h2-5,7,9-12,16,23H,6,8,13-14H2,1H3/t16-/m0/s1. The van der Waals surface area contributed by atoms with Crippen LogP contribution in [0.1, 0.15) is 12.1 Å². The number of hydrogen-bond donors (Lipinski definition) is 1. The smallest absolute Gasteiger partial charge is 0.258 e. The van der Waals surface area contributed by atoms with Crippen molar-refractivity contribution in [3.05, 3.63) is 76.1 Å². The van der Waals surface area contributed by atoms with Gasteiger partial charge in [-0.1, -0.05) is 11.6 Å². The summed E-state index contributed by atoms with van der Waals surface area (Å²) in [4.78, 5) is 23.5. The van der Waals surface area contributed by atoms with Crippen molar-refractivity contribution in [2.75, 3.05) is 25.0 Å². The van der Waals surface area contributed by atoms with E-state index >= 15 is 0 Å². The number of pyridine rings is 3. The van der Waals surface area contributed by atoms with E-state index in [1.54, 1.807) is 41.4 Å². The van der Waals surface area contributed by atoms with E-state index in [4.69, 9.17) is 16.3 Å². The molecule has 1 aliphatic heterocycles. The third-order valence-electron chi connectivity index (χ3n) is 5.00. The van der Waals surface area contributed by atoms with Crippen LogP contribution in [0.15, 0.2) is 59.8 Å². The molecule has 1 saturated heterocycles. The molecule has 3 aromatic rings. The number of likely N-dealkylation sites (N-methyl/N-ethyl adjacent to an activating group) is 1. The Labute approximate surface area is 173 Å². The van der Waals surface area contributed by atoms with Gasteiger partial charge in [0.15, 0.2) is 0 Å². The molecule has 1 aliphatic rings. The van der Waals surface area contributed by atoms with Gasteiger partial charge in [-0.05, 0) is 43.8 Å². The van der Waals surface area contributed by atoms with Gasteiger partial charge in [-0.15, -0.1) is 0 Å². The second-order valence-electron chi connectivity index (χ2n) is 6.92. The van der Waals surface area contributed by atoms with E-state index in [-0.39, 0.29) is 12.2 Å². The van der Waals surface area contributed by atoms with Crippen LogP contribution in [0.25, 0.3) is 5.69 Å². The largest absolute Gasteiger partial charge is 0.487 e. The lowest BCUT2D eigenvalue weighted by Crippen LogP contribution is -2.29. The van der Waals surface area contributed by atoms with Gasteiger partial charge in [0, 0.05) is 37.6 Å². The molecule has 150 valence electrons. The minimum absolute atomic E-state index is 0.183. The first-order valence-electron chi connectivity index (χ1n) is 9.47. The zero-order chi connectivity index (χ0) is 20.2. The number of nitrogens with one attached hydrogen (secondary N) is 1. The predicted molar refractivity (Wildman–Crippen MR) is 113 cm³/mol. The molecule has 0 saturated carbocycles. The molecule has 3 aromatic heterocycles. The van der Waals surface area contributed by atoms with E-state index in [1.165, 1.54) is 6.07 Å². The minimum atomic E-state index is -0.183. The molecule has 0 spiro atoms. The topological polar surface area (TPSA) is 72.3 Å². The SMILES string of the molecule is CN[C@H]1CCN(c2ccc(-n3ccc(OCc4ccc(Cl)cn4)cc3=O)cn2)C1. The van der Waals surface area contributed by atoms with Gasteiger partial charge >= 0.3 is 0 Å².